The van der Waals surface area contributed by atoms with Gasteiger partial charge in [0.15, 0.2) is 0 Å². The molecule has 0 fully saturated rings. The van der Waals surface area contributed by atoms with Crippen molar-refractivity contribution in [1.29, 1.82) is 0 Å². The number of pyridine rings is 2. The van der Waals surface area contributed by atoms with Crippen LogP contribution in [0, 0.1) is 13.8 Å². The van der Waals surface area contributed by atoms with E-state index in [1.54, 1.807) is 18.5 Å². The van der Waals surface area contributed by atoms with Crippen molar-refractivity contribution >= 4 is 5.69 Å². The van der Waals surface area contributed by atoms with Crippen molar-refractivity contribution < 1.29 is 4.52 Å². The molecule has 3 rings (SSSR count). The molecule has 2 N–H and O–H groups in total. The zero-order valence-corrected chi connectivity index (χ0v) is 12.4. The second-order valence-electron chi connectivity index (χ2n) is 5.00. The van der Waals surface area contributed by atoms with E-state index in [9.17, 15) is 4.79 Å². The maximum Gasteiger partial charge on any atom is 0.271 e. The van der Waals surface area contributed by atoms with Crippen molar-refractivity contribution in [3.8, 4) is 11.1 Å². The van der Waals surface area contributed by atoms with Gasteiger partial charge in [-0.25, -0.2) is 0 Å². The van der Waals surface area contributed by atoms with Crippen LogP contribution in [0.4, 0.5) is 5.69 Å². The van der Waals surface area contributed by atoms with Crippen LogP contribution in [-0.2, 0) is 6.54 Å². The van der Waals surface area contributed by atoms with Gasteiger partial charge in [0.05, 0.1) is 17.9 Å². The Morgan fingerprint density at radius 2 is 2.18 bits per heavy atom. The average molecular weight is 296 g/mol. The maximum absolute atomic E-state index is 12.0. The van der Waals surface area contributed by atoms with Gasteiger partial charge in [-0.15, -0.1) is 0 Å². The quantitative estimate of drug-likeness (QED) is 0.773. The van der Waals surface area contributed by atoms with Gasteiger partial charge in [-0.1, -0.05) is 11.2 Å². The number of nitrogens with zero attached hydrogens (tertiary/aromatic N) is 2. The lowest BCUT2D eigenvalue weighted by atomic mass is 10.1. The van der Waals surface area contributed by atoms with Crippen LogP contribution in [0.2, 0.25) is 0 Å². The van der Waals surface area contributed by atoms with E-state index in [-0.39, 0.29) is 5.56 Å². The summed E-state index contributed by atoms with van der Waals surface area (Å²) in [6, 6.07) is 7.47. The summed E-state index contributed by atoms with van der Waals surface area (Å²) in [6.07, 6.45) is 3.39. The topological polar surface area (TPSA) is 83.8 Å². The van der Waals surface area contributed by atoms with Crippen LogP contribution in [0.15, 0.2) is 46.0 Å². The first-order chi connectivity index (χ1) is 10.6. The minimum Gasteiger partial charge on any atom is -0.375 e. The third kappa shape index (κ3) is 2.76. The zero-order valence-electron chi connectivity index (χ0n) is 12.4. The first-order valence-corrected chi connectivity index (χ1v) is 6.95. The summed E-state index contributed by atoms with van der Waals surface area (Å²) < 4.78 is 5.18. The Labute approximate surface area is 127 Å². The Balaban J connectivity index is 1.89. The van der Waals surface area contributed by atoms with E-state index in [1.807, 2.05) is 32.0 Å². The molecule has 3 aromatic rings. The van der Waals surface area contributed by atoms with E-state index in [2.05, 4.69) is 20.4 Å². The summed E-state index contributed by atoms with van der Waals surface area (Å²) in [5, 5.41) is 7.05. The molecule has 0 bridgehead atoms. The van der Waals surface area contributed by atoms with Gasteiger partial charge < -0.3 is 14.8 Å². The number of hydrogen-bond donors (Lipinski definition) is 2. The van der Waals surface area contributed by atoms with Crippen LogP contribution in [0.1, 0.15) is 17.1 Å². The number of aromatic amines is 1. The summed E-state index contributed by atoms with van der Waals surface area (Å²) in [6.45, 7) is 4.20. The van der Waals surface area contributed by atoms with Crippen molar-refractivity contribution in [2.75, 3.05) is 5.32 Å². The molecular formula is C16H16N4O2. The maximum atomic E-state index is 12.0. The van der Waals surface area contributed by atoms with E-state index in [1.165, 1.54) is 0 Å². The van der Waals surface area contributed by atoms with Gasteiger partial charge in [-0.2, -0.15) is 0 Å². The Morgan fingerprint density at radius 1 is 1.32 bits per heavy atom. The number of rotatable bonds is 4. The molecule has 0 spiro atoms. The number of H-pyrrole nitrogens is 1. The average Bonchev–Trinajstić information content (AvgIpc) is 2.87. The molecular weight excluding hydrogens is 280 g/mol. The lowest BCUT2D eigenvalue weighted by Crippen LogP contribution is -2.14. The van der Waals surface area contributed by atoms with Gasteiger partial charge in [0, 0.05) is 23.5 Å². The minimum absolute atomic E-state index is 0.175. The van der Waals surface area contributed by atoms with Gasteiger partial charge in [0.25, 0.3) is 5.56 Å². The van der Waals surface area contributed by atoms with Gasteiger partial charge >= 0.3 is 0 Å². The fourth-order valence-corrected chi connectivity index (χ4v) is 2.34. The molecule has 0 amide bonds. The number of aromatic nitrogens is 3. The van der Waals surface area contributed by atoms with Gasteiger partial charge in [0.1, 0.15) is 11.4 Å². The van der Waals surface area contributed by atoms with Crippen LogP contribution >= 0.6 is 0 Å². The highest BCUT2D eigenvalue weighted by molar-refractivity contribution is 5.70. The Hall–Kier alpha value is -2.89. The summed E-state index contributed by atoms with van der Waals surface area (Å²) in [5.41, 5.74) is 3.73. The van der Waals surface area contributed by atoms with Crippen molar-refractivity contribution in [1.82, 2.24) is 15.1 Å². The Morgan fingerprint density at radius 3 is 2.86 bits per heavy atom. The second-order valence-corrected chi connectivity index (χ2v) is 5.00. The van der Waals surface area contributed by atoms with E-state index in [0.29, 0.717) is 12.2 Å². The summed E-state index contributed by atoms with van der Waals surface area (Å²) in [7, 11) is 0. The van der Waals surface area contributed by atoms with Crippen LogP contribution < -0.4 is 10.9 Å². The molecule has 0 aliphatic rings. The lowest BCUT2D eigenvalue weighted by molar-refractivity contribution is 0.393. The largest absolute Gasteiger partial charge is 0.375 e. The molecule has 0 saturated heterocycles. The number of nitrogens with one attached hydrogen (secondary N) is 2. The van der Waals surface area contributed by atoms with E-state index >= 15 is 0 Å². The summed E-state index contributed by atoms with van der Waals surface area (Å²) in [5.74, 6) is 0.722. The van der Waals surface area contributed by atoms with Gasteiger partial charge in [-0.05, 0) is 32.0 Å². The first-order valence-electron chi connectivity index (χ1n) is 6.95. The Bertz CT molecular complexity index is 817. The molecule has 6 nitrogen and oxygen atoms in total. The van der Waals surface area contributed by atoms with E-state index < -0.39 is 0 Å². The third-order valence-corrected chi connectivity index (χ3v) is 3.41. The predicted molar refractivity (Wildman–Crippen MR) is 83.6 cm³/mol. The van der Waals surface area contributed by atoms with Crippen molar-refractivity contribution in [2.45, 2.75) is 20.4 Å². The monoisotopic (exact) mass is 296 g/mol. The molecule has 0 aromatic carbocycles. The number of hydrogen-bond acceptors (Lipinski definition) is 5. The highest BCUT2D eigenvalue weighted by Gasteiger charge is 2.13. The molecule has 0 unspecified atom stereocenters. The second kappa shape index (κ2) is 5.85. The van der Waals surface area contributed by atoms with Crippen LogP contribution in [0.5, 0.6) is 0 Å². The fraction of sp³-hybridized carbons (Fsp3) is 0.188. The number of anilines is 1. The molecule has 0 saturated carbocycles. The molecule has 0 radical (unpaired) electrons. The third-order valence-electron chi connectivity index (χ3n) is 3.41. The Kier molecular flexibility index (Phi) is 3.74. The minimum atomic E-state index is -0.175. The molecule has 0 aliphatic carbocycles. The summed E-state index contributed by atoms with van der Waals surface area (Å²) in [4.78, 5) is 18.9. The normalized spacial score (nSPS) is 10.6. The standard InChI is InChI=1S/C16H16N4O2/c1-10-15(11(2)22-20-10)12-7-14(16(21)19-8-12)18-9-13-5-3-4-6-17-13/h3-8,18H,9H2,1-2H3,(H,19,21). The summed E-state index contributed by atoms with van der Waals surface area (Å²) >= 11 is 0. The fourth-order valence-electron chi connectivity index (χ4n) is 2.34. The molecule has 3 heterocycles. The van der Waals surface area contributed by atoms with Gasteiger partial charge in [0.2, 0.25) is 0 Å². The molecule has 0 aliphatic heterocycles. The smallest absolute Gasteiger partial charge is 0.271 e. The van der Waals surface area contributed by atoms with Crippen LogP contribution in [0.25, 0.3) is 11.1 Å². The molecule has 22 heavy (non-hydrogen) atoms. The lowest BCUT2D eigenvalue weighted by Gasteiger charge is -2.07. The first kappa shape index (κ1) is 14.1. The predicted octanol–water partition coefficient (Wildman–Crippen LogP) is 2.65. The SMILES string of the molecule is Cc1noc(C)c1-c1c[nH]c(=O)c(NCc2ccccn2)c1. The van der Waals surface area contributed by atoms with Crippen LogP contribution in [0.3, 0.4) is 0 Å². The van der Waals surface area contributed by atoms with Crippen LogP contribution in [-0.4, -0.2) is 15.1 Å². The van der Waals surface area contributed by atoms with Gasteiger partial charge in [-0.3, -0.25) is 9.78 Å². The molecule has 112 valence electrons. The van der Waals surface area contributed by atoms with E-state index in [0.717, 1.165) is 28.3 Å². The zero-order chi connectivity index (χ0) is 15.5. The number of aryl methyl sites for hydroxylation is 2. The van der Waals surface area contributed by atoms with Crippen molar-refractivity contribution in [3.63, 3.8) is 0 Å². The highest BCUT2D eigenvalue weighted by Crippen LogP contribution is 2.26. The molecule has 0 atom stereocenters. The van der Waals surface area contributed by atoms with Crippen molar-refractivity contribution in [2.24, 2.45) is 0 Å². The molecule has 6 heteroatoms. The highest BCUT2D eigenvalue weighted by atomic mass is 16.5. The van der Waals surface area contributed by atoms with Crippen molar-refractivity contribution in [3.05, 3.63) is 64.2 Å². The molecule has 3 aromatic heterocycles. The van der Waals surface area contributed by atoms with E-state index in [4.69, 9.17) is 4.52 Å².